The Morgan fingerprint density at radius 3 is 2.74 bits per heavy atom. The number of morpholine rings is 1. The van der Waals surface area contributed by atoms with Gasteiger partial charge in [0.1, 0.15) is 0 Å². The summed E-state index contributed by atoms with van der Waals surface area (Å²) in [5, 5.41) is 10.2. The van der Waals surface area contributed by atoms with Crippen LogP contribution in [0.2, 0.25) is 0 Å². The van der Waals surface area contributed by atoms with Crippen LogP contribution < -0.4 is 0 Å². The Hall–Kier alpha value is -1.27. The van der Waals surface area contributed by atoms with Gasteiger partial charge < -0.3 is 14.6 Å². The lowest BCUT2D eigenvalue weighted by Gasteiger charge is -2.29. The van der Waals surface area contributed by atoms with Crippen LogP contribution in [0.3, 0.4) is 0 Å². The van der Waals surface area contributed by atoms with Crippen molar-refractivity contribution in [1.82, 2.24) is 4.90 Å². The minimum Gasteiger partial charge on any atom is -0.379 e. The van der Waals surface area contributed by atoms with Gasteiger partial charge in [-0.15, -0.1) is 0 Å². The van der Waals surface area contributed by atoms with Gasteiger partial charge in [0.2, 0.25) is 0 Å². The first kappa shape index (κ1) is 14.1. The maximum Gasteiger partial charge on any atom is 0.250 e. The van der Waals surface area contributed by atoms with Crippen LogP contribution in [-0.4, -0.2) is 49.7 Å². The van der Waals surface area contributed by atoms with Crippen LogP contribution in [0.15, 0.2) is 24.3 Å². The Bertz CT molecular complexity index is 431. The summed E-state index contributed by atoms with van der Waals surface area (Å²) in [6.07, 6.45) is 0.422. The lowest BCUT2D eigenvalue weighted by atomic mass is 9.99. The number of carbonyl (C=O) groups excluding carboxylic acids is 1. The van der Waals surface area contributed by atoms with E-state index in [4.69, 9.17) is 9.47 Å². The molecule has 0 spiro atoms. The molecule has 104 valence electrons. The van der Waals surface area contributed by atoms with Crippen molar-refractivity contribution >= 4 is 6.29 Å². The van der Waals surface area contributed by atoms with Gasteiger partial charge in [0, 0.05) is 32.3 Å². The Kier molecular flexibility index (Phi) is 4.66. The fourth-order valence-corrected chi connectivity index (χ4v) is 2.23. The summed E-state index contributed by atoms with van der Waals surface area (Å²) in [4.78, 5) is 13.3. The van der Waals surface area contributed by atoms with Crippen LogP contribution in [-0.2, 0) is 26.6 Å². The van der Waals surface area contributed by atoms with E-state index in [0.29, 0.717) is 31.6 Å². The lowest BCUT2D eigenvalue weighted by molar-refractivity contribution is -0.187. The zero-order valence-electron chi connectivity index (χ0n) is 11.0. The van der Waals surface area contributed by atoms with E-state index < -0.39 is 5.79 Å². The van der Waals surface area contributed by atoms with Gasteiger partial charge in [0.15, 0.2) is 6.29 Å². The highest BCUT2D eigenvalue weighted by Crippen LogP contribution is 2.24. The number of aliphatic hydroxyl groups is 1. The largest absolute Gasteiger partial charge is 0.379 e. The molecule has 5 heteroatoms. The van der Waals surface area contributed by atoms with E-state index >= 15 is 0 Å². The number of benzene rings is 1. The van der Waals surface area contributed by atoms with Gasteiger partial charge in [-0.2, -0.15) is 0 Å². The molecule has 2 rings (SSSR count). The molecule has 1 aliphatic heterocycles. The fourth-order valence-electron chi connectivity index (χ4n) is 2.23. The summed E-state index contributed by atoms with van der Waals surface area (Å²) in [6, 6.07) is 7.29. The second kappa shape index (κ2) is 6.25. The van der Waals surface area contributed by atoms with Gasteiger partial charge in [-0.3, -0.25) is 9.69 Å². The number of carbonyl (C=O) groups is 1. The first-order valence-corrected chi connectivity index (χ1v) is 6.32. The molecule has 1 heterocycles. The van der Waals surface area contributed by atoms with E-state index in [2.05, 4.69) is 4.90 Å². The molecule has 1 fully saturated rings. The van der Waals surface area contributed by atoms with Crippen LogP contribution in [0, 0.1) is 0 Å². The van der Waals surface area contributed by atoms with E-state index in [1.165, 1.54) is 7.11 Å². The van der Waals surface area contributed by atoms with Crippen molar-refractivity contribution in [2.24, 2.45) is 0 Å². The predicted octanol–water partition coefficient (Wildman–Crippen LogP) is 0.509. The first-order valence-electron chi connectivity index (χ1n) is 6.32. The molecule has 0 bridgehead atoms. The zero-order valence-corrected chi connectivity index (χ0v) is 11.0. The number of aldehydes is 1. The standard InChI is InChI=1S/C14H19NO4/c1-18-14(17,11-16)13-5-3-2-4-12(13)10-15-6-8-19-9-7-15/h2-5,11,17H,6-10H2,1H3. The van der Waals surface area contributed by atoms with Crippen molar-refractivity contribution in [2.75, 3.05) is 33.4 Å². The van der Waals surface area contributed by atoms with Gasteiger partial charge in [0.05, 0.1) is 13.2 Å². The predicted molar refractivity (Wildman–Crippen MR) is 69.5 cm³/mol. The normalized spacial score (nSPS) is 19.9. The lowest BCUT2D eigenvalue weighted by Crippen LogP contribution is -2.37. The highest BCUT2D eigenvalue weighted by atomic mass is 16.6. The molecule has 1 unspecified atom stereocenters. The summed E-state index contributed by atoms with van der Waals surface area (Å²) in [6.45, 7) is 3.79. The van der Waals surface area contributed by atoms with E-state index in [1.54, 1.807) is 12.1 Å². The smallest absolute Gasteiger partial charge is 0.250 e. The minimum atomic E-state index is -1.87. The van der Waals surface area contributed by atoms with Crippen molar-refractivity contribution in [2.45, 2.75) is 12.3 Å². The number of methoxy groups -OCH3 is 1. The summed E-state index contributed by atoms with van der Waals surface area (Å²) in [5.74, 6) is -1.87. The van der Waals surface area contributed by atoms with Gasteiger partial charge in [0.25, 0.3) is 5.79 Å². The Morgan fingerprint density at radius 1 is 1.42 bits per heavy atom. The monoisotopic (exact) mass is 265 g/mol. The molecule has 1 aromatic carbocycles. The summed E-state index contributed by atoms with van der Waals surface area (Å²) in [7, 11) is 1.32. The summed E-state index contributed by atoms with van der Waals surface area (Å²) in [5.41, 5.74) is 1.39. The third-order valence-electron chi connectivity index (χ3n) is 3.37. The van der Waals surface area contributed by atoms with E-state index in [1.807, 2.05) is 12.1 Å². The molecule has 19 heavy (non-hydrogen) atoms. The fraction of sp³-hybridized carbons (Fsp3) is 0.500. The molecule has 0 saturated carbocycles. The Balaban J connectivity index is 2.22. The third kappa shape index (κ3) is 3.19. The molecule has 1 aliphatic rings. The molecule has 0 amide bonds. The maximum absolute atomic E-state index is 11.1. The van der Waals surface area contributed by atoms with Crippen molar-refractivity contribution in [1.29, 1.82) is 0 Å². The second-order valence-corrected chi connectivity index (χ2v) is 4.56. The number of rotatable bonds is 5. The average Bonchev–Trinajstić information content (AvgIpc) is 2.48. The van der Waals surface area contributed by atoms with E-state index in [0.717, 1.165) is 18.7 Å². The molecule has 0 aromatic heterocycles. The van der Waals surface area contributed by atoms with Crippen LogP contribution in [0.5, 0.6) is 0 Å². The Labute approximate surface area is 112 Å². The molecular weight excluding hydrogens is 246 g/mol. The van der Waals surface area contributed by atoms with Crippen molar-refractivity contribution < 1.29 is 19.4 Å². The molecule has 1 atom stereocenters. The van der Waals surface area contributed by atoms with Gasteiger partial charge in [-0.05, 0) is 5.56 Å². The minimum absolute atomic E-state index is 0.422. The third-order valence-corrected chi connectivity index (χ3v) is 3.37. The molecular formula is C14H19NO4. The number of hydrogen-bond donors (Lipinski definition) is 1. The molecule has 1 N–H and O–H groups in total. The molecule has 5 nitrogen and oxygen atoms in total. The topological polar surface area (TPSA) is 59.0 Å². The van der Waals surface area contributed by atoms with Crippen molar-refractivity contribution in [3.8, 4) is 0 Å². The SMILES string of the molecule is COC(O)(C=O)c1ccccc1CN1CCOCC1. The highest BCUT2D eigenvalue weighted by molar-refractivity contribution is 5.64. The van der Waals surface area contributed by atoms with E-state index in [-0.39, 0.29) is 0 Å². The molecule has 1 aromatic rings. The van der Waals surface area contributed by atoms with Crippen LogP contribution in [0.25, 0.3) is 0 Å². The van der Waals surface area contributed by atoms with Crippen LogP contribution in [0.4, 0.5) is 0 Å². The van der Waals surface area contributed by atoms with E-state index in [9.17, 15) is 9.90 Å². The maximum atomic E-state index is 11.1. The van der Waals surface area contributed by atoms with Crippen LogP contribution >= 0.6 is 0 Å². The van der Waals surface area contributed by atoms with Crippen LogP contribution in [0.1, 0.15) is 11.1 Å². The number of nitrogens with zero attached hydrogens (tertiary/aromatic N) is 1. The second-order valence-electron chi connectivity index (χ2n) is 4.56. The first-order chi connectivity index (χ1) is 9.19. The molecule has 1 saturated heterocycles. The highest BCUT2D eigenvalue weighted by Gasteiger charge is 2.31. The summed E-state index contributed by atoms with van der Waals surface area (Å²) >= 11 is 0. The quantitative estimate of drug-likeness (QED) is 0.621. The molecule has 0 radical (unpaired) electrons. The van der Waals surface area contributed by atoms with Crippen molar-refractivity contribution in [3.63, 3.8) is 0 Å². The summed E-state index contributed by atoms with van der Waals surface area (Å²) < 4.78 is 10.3. The molecule has 0 aliphatic carbocycles. The van der Waals surface area contributed by atoms with Gasteiger partial charge in [-0.25, -0.2) is 0 Å². The zero-order chi connectivity index (χ0) is 13.7. The van der Waals surface area contributed by atoms with Gasteiger partial charge >= 0.3 is 0 Å². The number of ether oxygens (including phenoxy) is 2. The number of hydrogen-bond acceptors (Lipinski definition) is 5. The average molecular weight is 265 g/mol. The van der Waals surface area contributed by atoms with Gasteiger partial charge in [-0.1, -0.05) is 24.3 Å². The van der Waals surface area contributed by atoms with Crippen molar-refractivity contribution in [3.05, 3.63) is 35.4 Å². The Morgan fingerprint density at radius 2 is 2.11 bits per heavy atom.